The normalized spacial score (nSPS) is 14.3. The molecule has 1 N–H and O–H groups in total. The molecule has 0 unspecified atom stereocenters. The van der Waals surface area contributed by atoms with E-state index in [9.17, 15) is 4.79 Å². The van der Waals surface area contributed by atoms with E-state index in [2.05, 4.69) is 21.2 Å². The van der Waals surface area contributed by atoms with Gasteiger partial charge in [0.1, 0.15) is 5.75 Å². The second-order valence-corrected chi connectivity index (χ2v) is 5.67. The van der Waals surface area contributed by atoms with Crippen LogP contribution in [0, 0.1) is 0 Å². The van der Waals surface area contributed by atoms with E-state index in [0.29, 0.717) is 11.8 Å². The zero-order valence-corrected chi connectivity index (χ0v) is 12.9. The molecule has 5 heteroatoms. The van der Waals surface area contributed by atoms with E-state index in [1.54, 1.807) is 4.90 Å². The second kappa shape index (κ2) is 6.39. The summed E-state index contributed by atoms with van der Waals surface area (Å²) in [4.78, 5) is 13.6. The van der Waals surface area contributed by atoms with E-state index in [1.165, 1.54) is 5.56 Å². The number of rotatable bonds is 6. The molecular formula is C14H19BrN2O2. The van der Waals surface area contributed by atoms with Crippen LogP contribution in [0.15, 0.2) is 22.7 Å². The van der Waals surface area contributed by atoms with Gasteiger partial charge in [-0.1, -0.05) is 6.07 Å². The summed E-state index contributed by atoms with van der Waals surface area (Å²) >= 11 is 3.47. The molecule has 1 aliphatic carbocycles. The van der Waals surface area contributed by atoms with Gasteiger partial charge in [0.15, 0.2) is 6.61 Å². The van der Waals surface area contributed by atoms with Crippen LogP contribution in [0.5, 0.6) is 5.75 Å². The second-order valence-electron chi connectivity index (χ2n) is 4.82. The first-order chi connectivity index (χ1) is 9.11. The molecule has 4 nitrogen and oxygen atoms in total. The van der Waals surface area contributed by atoms with Crippen LogP contribution in [0.4, 0.5) is 0 Å². The molecule has 2 rings (SSSR count). The molecule has 19 heavy (non-hydrogen) atoms. The van der Waals surface area contributed by atoms with Crippen molar-refractivity contribution in [2.24, 2.45) is 0 Å². The average Bonchev–Trinajstić information content (AvgIpc) is 3.21. The quantitative estimate of drug-likeness (QED) is 0.871. The fourth-order valence-corrected chi connectivity index (χ4v) is 2.42. The minimum absolute atomic E-state index is 0.0358. The summed E-state index contributed by atoms with van der Waals surface area (Å²) in [7, 11) is 3.75. The molecule has 0 aliphatic heterocycles. The first kappa shape index (κ1) is 14.3. The van der Waals surface area contributed by atoms with Crippen LogP contribution in [0.25, 0.3) is 0 Å². The SMILES string of the molecule is CNCc1ccc(OCC(=O)N(C)C2CC2)c(Br)c1. The Morgan fingerprint density at radius 3 is 2.84 bits per heavy atom. The van der Waals surface area contributed by atoms with E-state index in [-0.39, 0.29) is 12.5 Å². The van der Waals surface area contributed by atoms with Gasteiger partial charge in [0.2, 0.25) is 0 Å². The number of amides is 1. The molecule has 1 fully saturated rings. The molecule has 104 valence electrons. The number of nitrogens with one attached hydrogen (secondary N) is 1. The van der Waals surface area contributed by atoms with Gasteiger partial charge in [0, 0.05) is 19.6 Å². The lowest BCUT2D eigenvalue weighted by molar-refractivity contribution is -0.132. The Morgan fingerprint density at radius 2 is 2.26 bits per heavy atom. The number of likely N-dealkylation sites (N-methyl/N-ethyl adjacent to an activating group) is 1. The molecule has 0 saturated heterocycles. The number of halogens is 1. The monoisotopic (exact) mass is 326 g/mol. The maximum Gasteiger partial charge on any atom is 0.260 e. The Bertz CT molecular complexity index is 461. The number of nitrogens with zero attached hydrogens (tertiary/aromatic N) is 1. The number of carbonyl (C=O) groups is 1. The summed E-state index contributed by atoms with van der Waals surface area (Å²) in [6.07, 6.45) is 2.23. The Kier molecular flexibility index (Phi) is 4.82. The Hall–Kier alpha value is -1.07. The summed E-state index contributed by atoms with van der Waals surface area (Å²) < 4.78 is 6.45. The van der Waals surface area contributed by atoms with Gasteiger partial charge in [-0.2, -0.15) is 0 Å². The van der Waals surface area contributed by atoms with E-state index in [0.717, 1.165) is 23.9 Å². The van der Waals surface area contributed by atoms with Gasteiger partial charge in [-0.25, -0.2) is 0 Å². The molecular weight excluding hydrogens is 308 g/mol. The van der Waals surface area contributed by atoms with Crippen LogP contribution in [0.2, 0.25) is 0 Å². The lowest BCUT2D eigenvalue weighted by atomic mass is 10.2. The highest BCUT2D eigenvalue weighted by Gasteiger charge is 2.29. The van der Waals surface area contributed by atoms with Crippen molar-refractivity contribution in [1.29, 1.82) is 0 Å². The summed E-state index contributed by atoms with van der Waals surface area (Å²) in [5, 5.41) is 3.09. The number of benzene rings is 1. The maximum atomic E-state index is 11.9. The third kappa shape index (κ3) is 3.94. The van der Waals surface area contributed by atoms with E-state index in [1.807, 2.05) is 32.3 Å². The van der Waals surface area contributed by atoms with Crippen molar-refractivity contribution in [3.63, 3.8) is 0 Å². The van der Waals surface area contributed by atoms with Crippen LogP contribution in [0.3, 0.4) is 0 Å². The number of hydrogen-bond acceptors (Lipinski definition) is 3. The zero-order valence-electron chi connectivity index (χ0n) is 11.3. The van der Waals surface area contributed by atoms with Crippen molar-refractivity contribution in [3.8, 4) is 5.75 Å². The first-order valence-corrected chi connectivity index (χ1v) is 7.22. The van der Waals surface area contributed by atoms with Crippen molar-refractivity contribution in [1.82, 2.24) is 10.2 Å². The maximum absolute atomic E-state index is 11.9. The van der Waals surface area contributed by atoms with E-state index in [4.69, 9.17) is 4.74 Å². The summed E-state index contributed by atoms with van der Waals surface area (Å²) in [5.41, 5.74) is 1.17. The molecule has 1 aliphatic rings. The van der Waals surface area contributed by atoms with Crippen LogP contribution in [0.1, 0.15) is 18.4 Å². The Labute approximate surface area is 122 Å². The summed E-state index contributed by atoms with van der Waals surface area (Å²) in [6.45, 7) is 0.902. The molecule has 1 amide bonds. The van der Waals surface area contributed by atoms with Crippen molar-refractivity contribution in [2.45, 2.75) is 25.4 Å². The predicted molar refractivity (Wildman–Crippen MR) is 78.2 cm³/mol. The molecule has 0 heterocycles. The van der Waals surface area contributed by atoms with Crippen LogP contribution < -0.4 is 10.1 Å². The third-order valence-corrected chi connectivity index (χ3v) is 3.84. The molecule has 1 saturated carbocycles. The standard InChI is InChI=1S/C14H19BrN2O2/c1-16-8-10-3-6-13(12(15)7-10)19-9-14(18)17(2)11-4-5-11/h3,6-7,11,16H,4-5,8-9H2,1-2H3. The minimum Gasteiger partial charge on any atom is -0.483 e. The lowest BCUT2D eigenvalue weighted by Crippen LogP contribution is -2.33. The molecule has 0 spiro atoms. The number of carbonyl (C=O) groups excluding carboxylic acids is 1. The van der Waals surface area contributed by atoms with Crippen LogP contribution in [-0.4, -0.2) is 37.6 Å². The molecule has 1 aromatic carbocycles. The molecule has 0 bridgehead atoms. The zero-order chi connectivity index (χ0) is 13.8. The summed E-state index contributed by atoms with van der Waals surface area (Å²) in [5.74, 6) is 0.742. The van der Waals surface area contributed by atoms with Crippen LogP contribution in [-0.2, 0) is 11.3 Å². The van der Waals surface area contributed by atoms with Gasteiger partial charge in [-0.15, -0.1) is 0 Å². The summed E-state index contributed by atoms with van der Waals surface area (Å²) in [6, 6.07) is 6.31. The van der Waals surface area contributed by atoms with Gasteiger partial charge < -0.3 is 15.0 Å². The smallest absolute Gasteiger partial charge is 0.260 e. The largest absolute Gasteiger partial charge is 0.483 e. The van der Waals surface area contributed by atoms with Crippen molar-refractivity contribution >= 4 is 21.8 Å². The highest BCUT2D eigenvalue weighted by Crippen LogP contribution is 2.27. The number of ether oxygens (including phenoxy) is 1. The van der Waals surface area contributed by atoms with Crippen molar-refractivity contribution in [3.05, 3.63) is 28.2 Å². The van der Waals surface area contributed by atoms with Gasteiger partial charge in [0.25, 0.3) is 5.91 Å². The Morgan fingerprint density at radius 1 is 1.53 bits per heavy atom. The first-order valence-electron chi connectivity index (χ1n) is 6.43. The number of hydrogen-bond donors (Lipinski definition) is 1. The van der Waals surface area contributed by atoms with Crippen molar-refractivity contribution < 1.29 is 9.53 Å². The van der Waals surface area contributed by atoms with Gasteiger partial charge >= 0.3 is 0 Å². The predicted octanol–water partition coefficient (Wildman–Crippen LogP) is 2.17. The fourth-order valence-electron chi connectivity index (χ4n) is 1.88. The van der Waals surface area contributed by atoms with E-state index < -0.39 is 0 Å². The third-order valence-electron chi connectivity index (χ3n) is 3.22. The van der Waals surface area contributed by atoms with Gasteiger partial charge in [-0.05, 0) is 53.5 Å². The van der Waals surface area contributed by atoms with Crippen molar-refractivity contribution in [2.75, 3.05) is 20.7 Å². The van der Waals surface area contributed by atoms with Gasteiger partial charge in [0.05, 0.1) is 4.47 Å². The molecule has 0 radical (unpaired) electrons. The molecule has 0 aromatic heterocycles. The molecule has 1 aromatic rings. The topological polar surface area (TPSA) is 41.6 Å². The highest BCUT2D eigenvalue weighted by molar-refractivity contribution is 9.10. The van der Waals surface area contributed by atoms with Crippen LogP contribution >= 0.6 is 15.9 Å². The highest BCUT2D eigenvalue weighted by atomic mass is 79.9. The lowest BCUT2D eigenvalue weighted by Gasteiger charge is -2.17. The molecule has 0 atom stereocenters. The fraction of sp³-hybridized carbons (Fsp3) is 0.500. The average molecular weight is 327 g/mol. The minimum atomic E-state index is 0.0358. The van der Waals surface area contributed by atoms with Gasteiger partial charge in [-0.3, -0.25) is 4.79 Å². The van der Waals surface area contributed by atoms with E-state index >= 15 is 0 Å². The Balaban J connectivity index is 1.90.